The van der Waals surface area contributed by atoms with Crippen molar-refractivity contribution in [3.8, 4) is 5.75 Å². The maximum absolute atomic E-state index is 13.6. The van der Waals surface area contributed by atoms with Crippen molar-refractivity contribution < 1.29 is 13.9 Å². The summed E-state index contributed by atoms with van der Waals surface area (Å²) in [6, 6.07) is 3.23. The summed E-state index contributed by atoms with van der Waals surface area (Å²) in [5, 5.41) is 0.0476. The summed E-state index contributed by atoms with van der Waals surface area (Å²) >= 11 is 5.87. The summed E-state index contributed by atoms with van der Waals surface area (Å²) in [5.41, 5.74) is 0.817. The predicted molar refractivity (Wildman–Crippen MR) is 77.0 cm³/mol. The standard InChI is InChI=1S/C14H18ClFN2O2/c1-3-13(19)18-6-4-17(5-7-18)10-8-11(15)14(16)12(9-10)20-2/h8-9H,3-7H2,1-2H3. The zero-order valence-electron chi connectivity index (χ0n) is 11.7. The zero-order chi connectivity index (χ0) is 14.7. The first-order chi connectivity index (χ1) is 9.56. The third kappa shape index (κ3) is 2.98. The highest BCUT2D eigenvalue weighted by molar-refractivity contribution is 6.31. The molecule has 1 aliphatic rings. The number of hydrogen-bond donors (Lipinski definition) is 0. The number of halogens is 2. The van der Waals surface area contributed by atoms with E-state index in [1.807, 2.05) is 11.8 Å². The van der Waals surface area contributed by atoms with E-state index in [-0.39, 0.29) is 16.7 Å². The third-order valence-electron chi connectivity index (χ3n) is 3.50. The van der Waals surface area contributed by atoms with E-state index < -0.39 is 5.82 Å². The van der Waals surface area contributed by atoms with Crippen molar-refractivity contribution in [1.29, 1.82) is 0 Å². The highest BCUT2D eigenvalue weighted by Gasteiger charge is 2.21. The van der Waals surface area contributed by atoms with Gasteiger partial charge in [-0.2, -0.15) is 0 Å². The van der Waals surface area contributed by atoms with Crippen LogP contribution in [0.5, 0.6) is 5.75 Å². The number of carbonyl (C=O) groups is 1. The molecule has 1 fully saturated rings. The van der Waals surface area contributed by atoms with Crippen LogP contribution in [-0.4, -0.2) is 44.1 Å². The number of hydrogen-bond acceptors (Lipinski definition) is 3. The van der Waals surface area contributed by atoms with Gasteiger partial charge in [0.25, 0.3) is 0 Å². The van der Waals surface area contributed by atoms with Gasteiger partial charge in [0.2, 0.25) is 5.91 Å². The molecule has 1 heterocycles. The molecule has 0 spiro atoms. The molecule has 1 amide bonds. The number of nitrogens with zero attached hydrogens (tertiary/aromatic N) is 2. The summed E-state index contributed by atoms with van der Waals surface area (Å²) in [7, 11) is 1.41. The Morgan fingerprint density at radius 1 is 1.35 bits per heavy atom. The first-order valence-corrected chi connectivity index (χ1v) is 7.00. The van der Waals surface area contributed by atoms with Crippen molar-refractivity contribution in [3.63, 3.8) is 0 Å². The molecule has 6 heteroatoms. The van der Waals surface area contributed by atoms with Gasteiger partial charge in [0.1, 0.15) is 0 Å². The van der Waals surface area contributed by atoms with Gasteiger partial charge >= 0.3 is 0 Å². The summed E-state index contributed by atoms with van der Waals surface area (Å²) < 4.78 is 18.6. The van der Waals surface area contributed by atoms with Gasteiger partial charge in [-0.05, 0) is 6.07 Å². The van der Waals surface area contributed by atoms with Crippen LogP contribution in [0.3, 0.4) is 0 Å². The topological polar surface area (TPSA) is 32.8 Å². The fourth-order valence-corrected chi connectivity index (χ4v) is 2.52. The number of ether oxygens (including phenoxy) is 1. The Morgan fingerprint density at radius 2 is 2.00 bits per heavy atom. The molecule has 0 aromatic heterocycles. The van der Waals surface area contributed by atoms with E-state index in [1.54, 1.807) is 12.1 Å². The highest BCUT2D eigenvalue weighted by atomic mass is 35.5. The van der Waals surface area contributed by atoms with E-state index in [1.165, 1.54) is 7.11 Å². The fourth-order valence-electron chi connectivity index (χ4n) is 2.32. The molecule has 0 unspecified atom stereocenters. The Bertz CT molecular complexity index is 502. The van der Waals surface area contributed by atoms with Gasteiger partial charge in [-0.15, -0.1) is 0 Å². The van der Waals surface area contributed by atoms with Crippen LogP contribution in [0.4, 0.5) is 10.1 Å². The van der Waals surface area contributed by atoms with E-state index in [0.29, 0.717) is 32.6 Å². The van der Waals surface area contributed by atoms with Gasteiger partial charge in [-0.25, -0.2) is 4.39 Å². The van der Waals surface area contributed by atoms with Crippen molar-refractivity contribution in [3.05, 3.63) is 23.0 Å². The smallest absolute Gasteiger partial charge is 0.222 e. The first-order valence-electron chi connectivity index (χ1n) is 6.62. The van der Waals surface area contributed by atoms with Gasteiger partial charge in [0.05, 0.1) is 12.1 Å². The monoisotopic (exact) mass is 300 g/mol. The molecule has 110 valence electrons. The quantitative estimate of drug-likeness (QED) is 0.860. The molecular weight excluding hydrogens is 283 g/mol. The molecule has 1 aliphatic heterocycles. The zero-order valence-corrected chi connectivity index (χ0v) is 12.4. The van der Waals surface area contributed by atoms with E-state index >= 15 is 0 Å². The van der Waals surface area contributed by atoms with Gasteiger partial charge in [-0.1, -0.05) is 18.5 Å². The number of anilines is 1. The molecule has 1 aromatic rings. The highest BCUT2D eigenvalue weighted by Crippen LogP contribution is 2.31. The lowest BCUT2D eigenvalue weighted by Gasteiger charge is -2.36. The lowest BCUT2D eigenvalue weighted by molar-refractivity contribution is -0.131. The number of piperazine rings is 1. The van der Waals surface area contributed by atoms with E-state index in [2.05, 4.69) is 4.90 Å². The maximum atomic E-state index is 13.6. The first kappa shape index (κ1) is 14.9. The second kappa shape index (κ2) is 6.31. The average Bonchev–Trinajstić information content (AvgIpc) is 2.49. The lowest BCUT2D eigenvalue weighted by atomic mass is 10.2. The van der Waals surface area contributed by atoms with Gasteiger partial charge < -0.3 is 14.5 Å². The minimum atomic E-state index is -0.544. The van der Waals surface area contributed by atoms with Crippen LogP contribution >= 0.6 is 11.6 Å². The van der Waals surface area contributed by atoms with Crippen molar-refractivity contribution in [2.75, 3.05) is 38.2 Å². The fraction of sp³-hybridized carbons (Fsp3) is 0.500. The molecule has 0 saturated carbocycles. The largest absolute Gasteiger partial charge is 0.494 e. The van der Waals surface area contributed by atoms with Gasteiger partial charge in [0, 0.05) is 44.4 Å². The van der Waals surface area contributed by atoms with Crippen molar-refractivity contribution >= 4 is 23.2 Å². The second-order valence-corrected chi connectivity index (χ2v) is 5.07. The normalized spacial score (nSPS) is 15.4. The Balaban J connectivity index is 2.11. The average molecular weight is 301 g/mol. The number of benzene rings is 1. The number of amides is 1. The molecule has 4 nitrogen and oxygen atoms in total. The minimum Gasteiger partial charge on any atom is -0.494 e. The van der Waals surface area contributed by atoms with Crippen LogP contribution < -0.4 is 9.64 Å². The van der Waals surface area contributed by atoms with Crippen molar-refractivity contribution in [2.24, 2.45) is 0 Å². The molecule has 0 N–H and O–H groups in total. The SMILES string of the molecule is CCC(=O)N1CCN(c2cc(Cl)c(F)c(OC)c2)CC1. The summed E-state index contributed by atoms with van der Waals surface area (Å²) in [5.74, 6) is -0.239. The number of rotatable bonds is 3. The van der Waals surface area contributed by atoms with Crippen LogP contribution in [-0.2, 0) is 4.79 Å². The molecule has 0 atom stereocenters. The van der Waals surface area contributed by atoms with Crippen LogP contribution in [0.15, 0.2) is 12.1 Å². The van der Waals surface area contributed by atoms with Crippen LogP contribution in [0.25, 0.3) is 0 Å². The molecule has 0 radical (unpaired) electrons. The molecule has 0 aliphatic carbocycles. The molecule has 0 bridgehead atoms. The van der Waals surface area contributed by atoms with Crippen LogP contribution in [0, 0.1) is 5.82 Å². The molecule has 2 rings (SSSR count). The summed E-state index contributed by atoms with van der Waals surface area (Å²) in [4.78, 5) is 15.5. The summed E-state index contributed by atoms with van der Waals surface area (Å²) in [6.07, 6.45) is 0.524. The predicted octanol–water partition coefficient (Wildman–Crippen LogP) is 2.55. The van der Waals surface area contributed by atoms with E-state index in [0.717, 1.165) is 5.69 Å². The Hall–Kier alpha value is -1.49. The lowest BCUT2D eigenvalue weighted by Crippen LogP contribution is -2.48. The molecule has 20 heavy (non-hydrogen) atoms. The molecule has 1 saturated heterocycles. The Labute approximate surface area is 123 Å². The molecular formula is C14H18ClFN2O2. The van der Waals surface area contributed by atoms with E-state index in [4.69, 9.17) is 16.3 Å². The van der Waals surface area contributed by atoms with Crippen molar-refractivity contribution in [2.45, 2.75) is 13.3 Å². The van der Waals surface area contributed by atoms with Crippen LogP contribution in [0.2, 0.25) is 5.02 Å². The van der Waals surface area contributed by atoms with E-state index in [9.17, 15) is 9.18 Å². The van der Waals surface area contributed by atoms with Gasteiger partial charge in [0.15, 0.2) is 11.6 Å². The Morgan fingerprint density at radius 3 is 2.55 bits per heavy atom. The Kier molecular flexibility index (Phi) is 4.70. The maximum Gasteiger partial charge on any atom is 0.222 e. The van der Waals surface area contributed by atoms with Gasteiger partial charge in [-0.3, -0.25) is 4.79 Å². The number of carbonyl (C=O) groups excluding carboxylic acids is 1. The molecule has 1 aromatic carbocycles. The second-order valence-electron chi connectivity index (χ2n) is 4.67. The van der Waals surface area contributed by atoms with Crippen molar-refractivity contribution in [1.82, 2.24) is 4.90 Å². The minimum absolute atomic E-state index is 0.0476. The third-order valence-corrected chi connectivity index (χ3v) is 3.77. The number of methoxy groups -OCH3 is 1. The van der Waals surface area contributed by atoms with Crippen LogP contribution in [0.1, 0.15) is 13.3 Å². The summed E-state index contributed by atoms with van der Waals surface area (Å²) in [6.45, 7) is 4.61.